The Kier molecular flexibility index (Phi) is 7.84. The normalized spacial score (nSPS) is 19.8. The Hall–Kier alpha value is -3.44. The van der Waals surface area contributed by atoms with Crippen LogP contribution >= 0.6 is 0 Å². The summed E-state index contributed by atoms with van der Waals surface area (Å²) < 4.78 is 5.62. The van der Waals surface area contributed by atoms with Crippen LogP contribution in [0.2, 0.25) is 0 Å². The number of carbonyl (C=O) groups is 2. The fraction of sp³-hybridized carbons (Fsp3) is 0.538. The van der Waals surface area contributed by atoms with E-state index < -0.39 is 6.09 Å². The Morgan fingerprint density at radius 3 is 2.54 bits per heavy atom. The number of benzene rings is 1. The zero-order chi connectivity index (χ0) is 26.7. The van der Waals surface area contributed by atoms with Gasteiger partial charge in [0.15, 0.2) is 5.82 Å². The molecule has 37 heavy (non-hydrogen) atoms. The summed E-state index contributed by atoms with van der Waals surface area (Å²) in [6, 6.07) is 6.66. The van der Waals surface area contributed by atoms with Gasteiger partial charge in [-0.05, 0) is 36.6 Å². The summed E-state index contributed by atoms with van der Waals surface area (Å²) in [5.74, 6) is 1.04. The number of urea groups is 1. The average Bonchev–Trinajstić information content (AvgIpc) is 2.87. The van der Waals surface area contributed by atoms with Gasteiger partial charge in [-0.25, -0.2) is 19.6 Å². The number of aromatic nitrogens is 2. The fourth-order valence-corrected chi connectivity index (χ4v) is 4.86. The predicted molar refractivity (Wildman–Crippen MR) is 140 cm³/mol. The Labute approximate surface area is 216 Å². The standard InChI is InChI=1S/C26H36N6O5/c1-5-27-24(34)28-17-8-6-16(7-9-17)22-29-20-13-31(25(35)36)12-19(26(2,3)4)21(20)23(30-22)32-10-11-37-15-18(32)14-33/h6-9,18-19,33H,5,10-15H2,1-4H3,(H,35,36)(H2,27,28,34)/t18?,19-/m1/s1. The van der Waals surface area contributed by atoms with Gasteiger partial charge in [0.05, 0.1) is 38.1 Å². The number of hydrogen-bond donors (Lipinski definition) is 4. The van der Waals surface area contributed by atoms with Crippen LogP contribution < -0.4 is 15.5 Å². The SMILES string of the molecule is CCNC(=O)Nc1ccc(-c2nc3c(c(N4CCOCC4CO)n2)[C@H](C(C)(C)C)CN(C(=O)O)C3)cc1. The molecule has 4 rings (SSSR count). The van der Waals surface area contributed by atoms with E-state index in [1.54, 1.807) is 12.1 Å². The summed E-state index contributed by atoms with van der Waals surface area (Å²) in [5.41, 5.74) is 2.71. The van der Waals surface area contributed by atoms with Crippen LogP contribution in [0, 0.1) is 5.41 Å². The number of carboxylic acid groups (broad SMARTS) is 1. The molecule has 4 N–H and O–H groups in total. The van der Waals surface area contributed by atoms with E-state index >= 15 is 0 Å². The topological polar surface area (TPSA) is 140 Å². The third kappa shape index (κ3) is 5.78. The highest BCUT2D eigenvalue weighted by Gasteiger charge is 2.41. The molecular weight excluding hydrogens is 476 g/mol. The first-order chi connectivity index (χ1) is 17.6. The van der Waals surface area contributed by atoms with Crippen molar-refractivity contribution in [3.8, 4) is 11.4 Å². The van der Waals surface area contributed by atoms with Gasteiger partial charge in [0.2, 0.25) is 0 Å². The summed E-state index contributed by atoms with van der Waals surface area (Å²) in [4.78, 5) is 37.3. The predicted octanol–water partition coefficient (Wildman–Crippen LogP) is 3.11. The van der Waals surface area contributed by atoms with Gasteiger partial charge >= 0.3 is 12.1 Å². The number of ether oxygens (including phenoxy) is 1. The first-order valence-corrected chi connectivity index (χ1v) is 12.6. The van der Waals surface area contributed by atoms with Crippen molar-refractivity contribution in [1.82, 2.24) is 20.2 Å². The van der Waals surface area contributed by atoms with E-state index in [1.807, 2.05) is 19.1 Å². The Morgan fingerprint density at radius 1 is 1.19 bits per heavy atom. The molecule has 3 heterocycles. The van der Waals surface area contributed by atoms with Gasteiger partial charge in [0, 0.05) is 42.4 Å². The van der Waals surface area contributed by atoms with Gasteiger partial charge < -0.3 is 35.4 Å². The summed E-state index contributed by atoms with van der Waals surface area (Å²) in [5, 5.41) is 25.4. The van der Waals surface area contributed by atoms with Crippen molar-refractivity contribution in [1.29, 1.82) is 0 Å². The number of fused-ring (bicyclic) bond motifs is 1. The number of aliphatic hydroxyl groups is 1. The minimum atomic E-state index is -0.984. The molecule has 1 unspecified atom stereocenters. The number of hydrogen-bond acceptors (Lipinski definition) is 7. The largest absolute Gasteiger partial charge is 0.465 e. The van der Waals surface area contributed by atoms with Gasteiger partial charge in [-0.2, -0.15) is 0 Å². The highest BCUT2D eigenvalue weighted by molar-refractivity contribution is 5.89. The van der Waals surface area contributed by atoms with Crippen LogP contribution in [-0.4, -0.2) is 82.7 Å². The third-order valence-electron chi connectivity index (χ3n) is 6.86. The number of anilines is 2. The fourth-order valence-electron chi connectivity index (χ4n) is 4.86. The molecular formula is C26H36N6O5. The van der Waals surface area contributed by atoms with Crippen molar-refractivity contribution in [2.75, 3.05) is 49.7 Å². The van der Waals surface area contributed by atoms with Crippen molar-refractivity contribution in [3.05, 3.63) is 35.5 Å². The van der Waals surface area contributed by atoms with Crippen LogP contribution in [0.15, 0.2) is 24.3 Å². The van der Waals surface area contributed by atoms with Gasteiger partial charge in [0.25, 0.3) is 0 Å². The highest BCUT2D eigenvalue weighted by atomic mass is 16.5. The Balaban J connectivity index is 1.82. The zero-order valence-corrected chi connectivity index (χ0v) is 21.8. The van der Waals surface area contributed by atoms with E-state index in [-0.39, 0.29) is 36.6 Å². The molecule has 1 aromatic carbocycles. The molecule has 2 aromatic rings. The number of aliphatic hydroxyl groups excluding tert-OH is 1. The lowest BCUT2D eigenvalue weighted by atomic mass is 9.74. The van der Waals surface area contributed by atoms with E-state index in [2.05, 4.69) is 36.3 Å². The van der Waals surface area contributed by atoms with Gasteiger partial charge in [0.1, 0.15) is 5.82 Å². The van der Waals surface area contributed by atoms with Crippen LogP contribution in [0.1, 0.15) is 44.9 Å². The molecule has 0 bridgehead atoms. The lowest BCUT2D eigenvalue weighted by molar-refractivity contribution is 0.0718. The maximum absolute atomic E-state index is 12.0. The van der Waals surface area contributed by atoms with E-state index in [1.165, 1.54) is 4.90 Å². The Morgan fingerprint density at radius 2 is 1.92 bits per heavy atom. The van der Waals surface area contributed by atoms with Crippen LogP contribution in [-0.2, 0) is 11.3 Å². The zero-order valence-electron chi connectivity index (χ0n) is 21.8. The Bertz CT molecular complexity index is 1130. The van der Waals surface area contributed by atoms with Crippen LogP contribution in [0.5, 0.6) is 0 Å². The van der Waals surface area contributed by atoms with E-state index in [4.69, 9.17) is 14.7 Å². The van der Waals surface area contributed by atoms with Crippen LogP contribution in [0.3, 0.4) is 0 Å². The van der Waals surface area contributed by atoms with Crippen molar-refractivity contribution in [2.24, 2.45) is 5.41 Å². The lowest BCUT2D eigenvalue weighted by Crippen LogP contribution is -2.50. The molecule has 2 atom stereocenters. The molecule has 200 valence electrons. The maximum atomic E-state index is 12.0. The molecule has 0 aliphatic carbocycles. The molecule has 0 radical (unpaired) electrons. The number of amides is 3. The highest BCUT2D eigenvalue weighted by Crippen LogP contribution is 2.45. The van der Waals surface area contributed by atoms with Crippen molar-refractivity contribution in [2.45, 2.75) is 46.2 Å². The first-order valence-electron chi connectivity index (χ1n) is 12.6. The summed E-state index contributed by atoms with van der Waals surface area (Å²) >= 11 is 0. The van der Waals surface area contributed by atoms with E-state index in [0.29, 0.717) is 50.1 Å². The number of nitrogens with zero attached hydrogens (tertiary/aromatic N) is 4. The second-order valence-corrected chi connectivity index (χ2v) is 10.5. The molecule has 11 nitrogen and oxygen atoms in total. The summed E-state index contributed by atoms with van der Waals surface area (Å²) in [6.45, 7) is 10.5. The number of carbonyl (C=O) groups excluding carboxylic acids is 1. The molecule has 1 saturated heterocycles. The molecule has 3 amide bonds. The summed E-state index contributed by atoms with van der Waals surface area (Å²) in [7, 11) is 0. The molecule has 1 fully saturated rings. The first kappa shape index (κ1) is 26.6. The molecule has 2 aliphatic rings. The van der Waals surface area contributed by atoms with Crippen molar-refractivity contribution >= 4 is 23.6 Å². The number of rotatable bonds is 5. The van der Waals surface area contributed by atoms with Crippen LogP contribution in [0.25, 0.3) is 11.4 Å². The average molecular weight is 513 g/mol. The smallest absolute Gasteiger partial charge is 0.407 e. The second-order valence-electron chi connectivity index (χ2n) is 10.5. The monoisotopic (exact) mass is 512 g/mol. The summed E-state index contributed by atoms with van der Waals surface area (Å²) in [6.07, 6.45) is -0.984. The number of nitrogens with one attached hydrogen (secondary N) is 2. The molecule has 11 heteroatoms. The van der Waals surface area contributed by atoms with Crippen molar-refractivity contribution < 1.29 is 24.5 Å². The van der Waals surface area contributed by atoms with Crippen LogP contribution in [0.4, 0.5) is 21.1 Å². The van der Waals surface area contributed by atoms with Gasteiger partial charge in [-0.1, -0.05) is 20.8 Å². The molecule has 0 saturated carbocycles. The maximum Gasteiger partial charge on any atom is 0.407 e. The molecule has 0 spiro atoms. The minimum Gasteiger partial charge on any atom is -0.465 e. The molecule has 1 aromatic heterocycles. The third-order valence-corrected chi connectivity index (χ3v) is 6.86. The van der Waals surface area contributed by atoms with E-state index in [9.17, 15) is 19.8 Å². The lowest BCUT2D eigenvalue weighted by Gasteiger charge is -2.43. The second kappa shape index (κ2) is 10.9. The van der Waals surface area contributed by atoms with Crippen molar-refractivity contribution in [3.63, 3.8) is 0 Å². The van der Waals surface area contributed by atoms with E-state index in [0.717, 1.165) is 16.9 Å². The quantitative estimate of drug-likeness (QED) is 0.479. The van der Waals surface area contributed by atoms with Gasteiger partial charge in [-0.15, -0.1) is 0 Å². The molecule has 2 aliphatic heterocycles. The minimum absolute atomic E-state index is 0.0876. The number of morpholine rings is 1. The van der Waals surface area contributed by atoms with Gasteiger partial charge in [-0.3, -0.25) is 0 Å².